The molecular formula is C16H16ClN5O2. The van der Waals surface area contributed by atoms with Gasteiger partial charge in [0.2, 0.25) is 5.95 Å². The van der Waals surface area contributed by atoms with Gasteiger partial charge in [-0.1, -0.05) is 11.6 Å². The van der Waals surface area contributed by atoms with Crippen LogP contribution >= 0.6 is 11.6 Å². The molecule has 7 nitrogen and oxygen atoms in total. The number of pyridine rings is 1. The second-order valence-corrected chi connectivity index (χ2v) is 6.12. The number of nitrogens with zero attached hydrogens (tertiary/aromatic N) is 5. The summed E-state index contributed by atoms with van der Waals surface area (Å²) in [6.45, 7) is 2.78. The first-order valence-electron chi connectivity index (χ1n) is 7.80. The summed E-state index contributed by atoms with van der Waals surface area (Å²) in [6, 6.07) is 7.05. The van der Waals surface area contributed by atoms with E-state index < -0.39 is 0 Å². The van der Waals surface area contributed by atoms with Crippen LogP contribution in [-0.2, 0) is 0 Å². The summed E-state index contributed by atoms with van der Waals surface area (Å²) < 4.78 is 7.09. The quantitative estimate of drug-likeness (QED) is 0.713. The van der Waals surface area contributed by atoms with Crippen LogP contribution in [0.1, 0.15) is 17.0 Å². The average molecular weight is 346 g/mol. The highest BCUT2D eigenvalue weighted by atomic mass is 35.5. The maximum Gasteiger partial charge on any atom is 0.289 e. The average Bonchev–Trinajstić information content (AvgIpc) is 3.19. The highest BCUT2D eigenvalue weighted by molar-refractivity contribution is 6.30. The lowest BCUT2D eigenvalue weighted by molar-refractivity contribution is 0.0735. The number of fused-ring (bicyclic) bond motifs is 1. The van der Waals surface area contributed by atoms with Gasteiger partial charge in [0, 0.05) is 32.4 Å². The summed E-state index contributed by atoms with van der Waals surface area (Å²) in [7, 11) is 0. The molecule has 0 unspecified atom stereocenters. The van der Waals surface area contributed by atoms with Crippen LogP contribution in [0.2, 0.25) is 5.02 Å². The first kappa shape index (κ1) is 15.0. The summed E-state index contributed by atoms with van der Waals surface area (Å²) >= 11 is 6.08. The normalized spacial score (nSPS) is 15.7. The van der Waals surface area contributed by atoms with Crippen molar-refractivity contribution < 1.29 is 9.21 Å². The minimum atomic E-state index is -0.0732. The van der Waals surface area contributed by atoms with Gasteiger partial charge < -0.3 is 14.2 Å². The summed E-state index contributed by atoms with van der Waals surface area (Å²) in [4.78, 5) is 16.4. The van der Waals surface area contributed by atoms with Crippen LogP contribution in [0, 0.1) is 0 Å². The van der Waals surface area contributed by atoms with E-state index in [2.05, 4.69) is 15.1 Å². The number of rotatable bonds is 2. The van der Waals surface area contributed by atoms with Crippen molar-refractivity contribution in [2.75, 3.05) is 31.1 Å². The van der Waals surface area contributed by atoms with Gasteiger partial charge in [-0.05, 0) is 30.7 Å². The maximum absolute atomic E-state index is 12.4. The van der Waals surface area contributed by atoms with E-state index in [-0.39, 0.29) is 5.91 Å². The Bertz CT molecular complexity index is 861. The number of anilines is 1. The van der Waals surface area contributed by atoms with E-state index in [4.69, 9.17) is 16.0 Å². The fourth-order valence-corrected chi connectivity index (χ4v) is 3.11. The number of aromatic nitrogens is 3. The zero-order chi connectivity index (χ0) is 16.5. The molecule has 3 aromatic rings. The molecule has 1 aliphatic rings. The zero-order valence-electron chi connectivity index (χ0n) is 12.9. The van der Waals surface area contributed by atoms with E-state index in [1.807, 2.05) is 21.6 Å². The lowest BCUT2D eigenvalue weighted by atomic mass is 10.3. The number of furan rings is 1. The third-order valence-corrected chi connectivity index (χ3v) is 4.37. The van der Waals surface area contributed by atoms with Gasteiger partial charge >= 0.3 is 0 Å². The van der Waals surface area contributed by atoms with E-state index in [1.165, 1.54) is 6.26 Å². The Hall–Kier alpha value is -2.54. The summed E-state index contributed by atoms with van der Waals surface area (Å²) in [5, 5.41) is 9.09. The molecule has 8 heteroatoms. The molecule has 4 heterocycles. The molecular weight excluding hydrogens is 330 g/mol. The third-order valence-electron chi connectivity index (χ3n) is 4.15. The molecule has 0 atom stereocenters. The topological polar surface area (TPSA) is 66.9 Å². The van der Waals surface area contributed by atoms with Gasteiger partial charge in [-0.25, -0.2) is 0 Å². The molecule has 1 aliphatic heterocycles. The van der Waals surface area contributed by atoms with Crippen LogP contribution in [0.5, 0.6) is 0 Å². The fourth-order valence-electron chi connectivity index (χ4n) is 2.95. The van der Waals surface area contributed by atoms with Gasteiger partial charge in [-0.3, -0.25) is 9.20 Å². The van der Waals surface area contributed by atoms with Gasteiger partial charge in [0.25, 0.3) is 5.91 Å². The van der Waals surface area contributed by atoms with Gasteiger partial charge in [0.05, 0.1) is 11.3 Å². The SMILES string of the molecule is O=C(c1ccco1)N1CCCN(c2nnc3ccc(Cl)cn23)CC1. The molecule has 0 bridgehead atoms. The molecule has 0 radical (unpaired) electrons. The third kappa shape index (κ3) is 2.71. The lowest BCUT2D eigenvalue weighted by Crippen LogP contribution is -2.35. The minimum absolute atomic E-state index is 0.0732. The van der Waals surface area contributed by atoms with Crippen LogP contribution in [-0.4, -0.2) is 51.6 Å². The lowest BCUT2D eigenvalue weighted by Gasteiger charge is -2.21. The Labute approximate surface area is 143 Å². The van der Waals surface area contributed by atoms with Crippen LogP contribution in [0.15, 0.2) is 41.1 Å². The van der Waals surface area contributed by atoms with E-state index in [9.17, 15) is 4.79 Å². The standard InChI is InChI=1S/C16H16ClN5O2/c17-12-4-5-14-18-19-16(22(14)11-12)21-7-2-6-20(8-9-21)15(23)13-3-1-10-24-13/h1,3-5,10-11H,2,6-9H2. The van der Waals surface area contributed by atoms with Gasteiger partial charge in [0.1, 0.15) is 0 Å². The Morgan fingerprint density at radius 3 is 2.88 bits per heavy atom. The minimum Gasteiger partial charge on any atom is -0.459 e. The summed E-state index contributed by atoms with van der Waals surface area (Å²) in [5.41, 5.74) is 0.752. The van der Waals surface area contributed by atoms with E-state index in [0.29, 0.717) is 30.4 Å². The van der Waals surface area contributed by atoms with Gasteiger partial charge in [-0.15, -0.1) is 10.2 Å². The molecule has 4 rings (SSSR count). The molecule has 0 saturated carbocycles. The number of amides is 1. The molecule has 1 amide bonds. The van der Waals surface area contributed by atoms with Crippen molar-refractivity contribution in [3.8, 4) is 0 Å². The predicted octanol–water partition coefficient (Wildman–Crippen LogP) is 2.33. The smallest absolute Gasteiger partial charge is 0.289 e. The van der Waals surface area contributed by atoms with Crippen molar-refractivity contribution in [1.29, 1.82) is 0 Å². The number of hydrogen-bond acceptors (Lipinski definition) is 5. The Morgan fingerprint density at radius 1 is 1.12 bits per heavy atom. The van der Waals surface area contributed by atoms with Gasteiger partial charge in [-0.2, -0.15) is 0 Å². The summed E-state index contributed by atoms with van der Waals surface area (Å²) in [6.07, 6.45) is 4.17. The number of hydrogen-bond donors (Lipinski definition) is 0. The Balaban J connectivity index is 1.54. The summed E-state index contributed by atoms with van der Waals surface area (Å²) in [5.74, 6) is 1.05. The molecule has 124 valence electrons. The molecule has 3 aromatic heterocycles. The fraction of sp³-hybridized carbons (Fsp3) is 0.312. The van der Waals surface area contributed by atoms with Crippen molar-refractivity contribution >= 4 is 29.1 Å². The maximum atomic E-state index is 12.4. The molecule has 0 spiro atoms. The molecule has 1 saturated heterocycles. The van der Waals surface area contributed by atoms with E-state index >= 15 is 0 Å². The van der Waals surface area contributed by atoms with Crippen molar-refractivity contribution in [2.24, 2.45) is 0 Å². The van der Waals surface area contributed by atoms with Crippen LogP contribution in [0.4, 0.5) is 5.95 Å². The molecule has 0 aromatic carbocycles. The number of halogens is 1. The Morgan fingerprint density at radius 2 is 2.04 bits per heavy atom. The van der Waals surface area contributed by atoms with Crippen molar-refractivity contribution in [2.45, 2.75) is 6.42 Å². The molecule has 0 aliphatic carbocycles. The molecule has 24 heavy (non-hydrogen) atoms. The second kappa shape index (κ2) is 6.16. The van der Waals surface area contributed by atoms with Crippen molar-refractivity contribution in [3.63, 3.8) is 0 Å². The van der Waals surface area contributed by atoms with Gasteiger partial charge in [0.15, 0.2) is 11.4 Å². The molecule has 0 N–H and O–H groups in total. The van der Waals surface area contributed by atoms with E-state index in [0.717, 1.165) is 24.6 Å². The van der Waals surface area contributed by atoms with Crippen LogP contribution in [0.3, 0.4) is 0 Å². The van der Waals surface area contributed by atoms with Crippen LogP contribution in [0.25, 0.3) is 5.65 Å². The van der Waals surface area contributed by atoms with Crippen molar-refractivity contribution in [3.05, 3.63) is 47.5 Å². The first-order valence-corrected chi connectivity index (χ1v) is 8.18. The first-order chi connectivity index (χ1) is 11.7. The number of carbonyl (C=O) groups is 1. The highest BCUT2D eigenvalue weighted by Crippen LogP contribution is 2.19. The monoisotopic (exact) mass is 345 g/mol. The second-order valence-electron chi connectivity index (χ2n) is 5.69. The molecule has 1 fully saturated rings. The van der Waals surface area contributed by atoms with Crippen LogP contribution < -0.4 is 4.90 Å². The Kier molecular flexibility index (Phi) is 3.86. The number of carbonyl (C=O) groups excluding carboxylic acids is 1. The predicted molar refractivity (Wildman–Crippen MR) is 89.4 cm³/mol. The van der Waals surface area contributed by atoms with E-state index in [1.54, 1.807) is 18.2 Å². The largest absolute Gasteiger partial charge is 0.459 e. The zero-order valence-corrected chi connectivity index (χ0v) is 13.7. The van der Waals surface area contributed by atoms with Crippen molar-refractivity contribution in [1.82, 2.24) is 19.5 Å². The highest BCUT2D eigenvalue weighted by Gasteiger charge is 2.24.